The highest BCUT2D eigenvalue weighted by Gasteiger charge is 2.79. The van der Waals surface area contributed by atoms with E-state index in [1.807, 2.05) is 65.0 Å². The van der Waals surface area contributed by atoms with Gasteiger partial charge in [0.1, 0.15) is 30.0 Å². The van der Waals surface area contributed by atoms with E-state index >= 15 is 9.59 Å². The number of aliphatic hydroxyl groups is 1. The van der Waals surface area contributed by atoms with Crippen molar-refractivity contribution < 1.29 is 61.3 Å². The van der Waals surface area contributed by atoms with E-state index in [9.17, 15) is 19.5 Å². The predicted molar refractivity (Wildman–Crippen MR) is 313 cm³/mol. The van der Waals surface area contributed by atoms with Crippen LogP contribution in [0.25, 0.3) is 0 Å². The molecule has 442 valence electrons. The van der Waals surface area contributed by atoms with Crippen molar-refractivity contribution in [3.05, 3.63) is 47.0 Å². The highest BCUT2D eigenvalue weighted by Crippen LogP contribution is 2.65. The summed E-state index contributed by atoms with van der Waals surface area (Å²) < 4.78 is 49.3. The Labute approximate surface area is 472 Å². The summed E-state index contributed by atoms with van der Waals surface area (Å²) in [5, 5.41) is 17.5. The molecule has 1 aliphatic heterocycles. The standard InChI is InChI=1S/C61H103NO13Si3/c1-19-27-30-36-47(64)62-50(43-34-32-29-33-35-43)52(74-76(17,18)57(11,12)13)56(67)70-44-39-61(68)55(71-48(65)37-31-28-20-2)53-59(16,54(66)51(49(41(44)9)58(61,14)15)75-78(24-6,25-7)26-8)45(73-77(21-3,22-4)23-5)38-46-60(53,40-69-46)72-42(10)63/h29,32-35,44-46,50-53,55,68H,19-28,30-31,36-40H2,1-18H3,(H,62,64)/t44-,45-,46+,50-,51+,52+,53-,55-,59+,60-,61+/m0/s1. The van der Waals surface area contributed by atoms with Crippen LogP contribution in [0.3, 0.4) is 0 Å². The smallest absolute Gasteiger partial charge is 0.337 e. The van der Waals surface area contributed by atoms with Gasteiger partial charge in [0.05, 0.1) is 30.1 Å². The number of hydrogen-bond donors (Lipinski definition) is 2. The molecule has 78 heavy (non-hydrogen) atoms. The van der Waals surface area contributed by atoms with Crippen LogP contribution in [0.2, 0.25) is 54.4 Å². The van der Waals surface area contributed by atoms with Gasteiger partial charge in [0.2, 0.25) is 5.91 Å². The number of ether oxygens (including phenoxy) is 4. The Bertz CT molecular complexity index is 2260. The molecule has 2 saturated carbocycles. The molecule has 4 aliphatic rings. The highest BCUT2D eigenvalue weighted by atomic mass is 28.4. The first-order valence-electron chi connectivity index (χ1n) is 30.0. The number of nitrogens with one attached hydrogen (secondary N) is 1. The van der Waals surface area contributed by atoms with E-state index in [0.29, 0.717) is 47.7 Å². The zero-order valence-corrected chi connectivity index (χ0v) is 54.4. The Morgan fingerprint density at radius 1 is 0.808 bits per heavy atom. The number of benzene rings is 1. The monoisotopic (exact) mass is 1140 g/mol. The average molecular weight is 1140 g/mol. The number of carbonyl (C=O) groups excluding carboxylic acids is 5. The Morgan fingerprint density at radius 2 is 1.36 bits per heavy atom. The Balaban J connectivity index is 1.90. The van der Waals surface area contributed by atoms with Gasteiger partial charge in [0, 0.05) is 38.0 Å². The fourth-order valence-corrected chi connectivity index (χ4v) is 20.1. The largest absolute Gasteiger partial charge is 0.459 e. The number of ketones is 1. The topological polar surface area (TPSA) is 182 Å². The van der Waals surface area contributed by atoms with Crippen LogP contribution in [-0.4, -0.2) is 114 Å². The zero-order chi connectivity index (χ0) is 58.5. The second-order valence-corrected chi connectivity index (χ2v) is 39.9. The molecule has 1 aromatic rings. The highest BCUT2D eigenvalue weighted by molar-refractivity contribution is 6.74. The maximum Gasteiger partial charge on any atom is 0.337 e. The van der Waals surface area contributed by atoms with Crippen molar-refractivity contribution in [2.75, 3.05) is 6.61 Å². The first-order chi connectivity index (χ1) is 36.5. The molecule has 0 radical (unpaired) electrons. The first-order valence-corrected chi connectivity index (χ1v) is 38.0. The molecule has 2 bridgehead atoms. The van der Waals surface area contributed by atoms with Gasteiger partial charge in [0.15, 0.2) is 42.4 Å². The van der Waals surface area contributed by atoms with Gasteiger partial charge in [-0.25, -0.2) is 4.79 Å². The van der Waals surface area contributed by atoms with E-state index < -0.39 is 113 Å². The molecule has 0 unspecified atom stereocenters. The van der Waals surface area contributed by atoms with Gasteiger partial charge in [-0.15, -0.1) is 0 Å². The van der Waals surface area contributed by atoms with Gasteiger partial charge in [0.25, 0.3) is 0 Å². The normalized spacial score (nSPS) is 28.9. The molecular weight excluding hydrogens is 1040 g/mol. The minimum absolute atomic E-state index is 0.0389. The number of esters is 3. The van der Waals surface area contributed by atoms with Gasteiger partial charge in [-0.3, -0.25) is 19.2 Å². The van der Waals surface area contributed by atoms with Gasteiger partial charge in [-0.1, -0.05) is 146 Å². The van der Waals surface area contributed by atoms with Crippen LogP contribution in [0.4, 0.5) is 0 Å². The Morgan fingerprint density at radius 3 is 1.86 bits per heavy atom. The lowest BCUT2D eigenvalue weighted by molar-refractivity contribution is -0.346. The van der Waals surface area contributed by atoms with Gasteiger partial charge in [-0.05, 0) is 97.8 Å². The van der Waals surface area contributed by atoms with Crippen LogP contribution in [0, 0.1) is 16.7 Å². The van der Waals surface area contributed by atoms with E-state index in [2.05, 4.69) is 87.6 Å². The summed E-state index contributed by atoms with van der Waals surface area (Å²) in [6.45, 7) is 35.9. The summed E-state index contributed by atoms with van der Waals surface area (Å²) in [6.07, 6.45) is -2.15. The summed E-state index contributed by atoms with van der Waals surface area (Å²) >= 11 is 0. The average Bonchev–Trinajstić information content (AvgIpc) is 3.49. The summed E-state index contributed by atoms with van der Waals surface area (Å²) in [4.78, 5) is 75.5. The van der Waals surface area contributed by atoms with E-state index in [1.165, 1.54) is 6.92 Å². The number of rotatable bonds is 27. The third-order valence-electron chi connectivity index (χ3n) is 20.0. The van der Waals surface area contributed by atoms with Crippen molar-refractivity contribution in [3.63, 3.8) is 0 Å². The third-order valence-corrected chi connectivity index (χ3v) is 33.7. The van der Waals surface area contributed by atoms with E-state index in [0.717, 1.165) is 43.8 Å². The summed E-state index contributed by atoms with van der Waals surface area (Å²) in [7, 11) is -8.21. The van der Waals surface area contributed by atoms with E-state index in [1.54, 1.807) is 0 Å². The summed E-state index contributed by atoms with van der Waals surface area (Å²) in [6, 6.07) is 12.8. The maximum atomic E-state index is 17.2. The van der Waals surface area contributed by atoms with Crippen molar-refractivity contribution in [2.45, 2.75) is 283 Å². The molecule has 14 nitrogen and oxygen atoms in total. The Hall–Kier alpha value is -3.04. The van der Waals surface area contributed by atoms with Crippen LogP contribution in [-0.2, 0) is 56.2 Å². The van der Waals surface area contributed by atoms with Crippen LogP contribution in [0.1, 0.15) is 187 Å². The molecule has 0 spiro atoms. The maximum absolute atomic E-state index is 17.2. The van der Waals surface area contributed by atoms with Crippen LogP contribution in [0.15, 0.2) is 41.5 Å². The number of hydrogen-bond acceptors (Lipinski definition) is 13. The van der Waals surface area contributed by atoms with Crippen molar-refractivity contribution in [1.82, 2.24) is 5.32 Å². The van der Waals surface area contributed by atoms with Crippen molar-refractivity contribution in [3.8, 4) is 0 Å². The lowest BCUT2D eigenvalue weighted by Crippen LogP contribution is -2.82. The molecule has 5 rings (SSSR count). The minimum Gasteiger partial charge on any atom is -0.459 e. The van der Waals surface area contributed by atoms with Crippen molar-refractivity contribution >= 4 is 54.6 Å². The van der Waals surface area contributed by atoms with Crippen LogP contribution < -0.4 is 5.32 Å². The number of carbonyl (C=O) groups is 5. The number of amides is 1. The zero-order valence-electron chi connectivity index (χ0n) is 51.4. The fourth-order valence-electron chi connectivity index (χ4n) is 13.2. The molecule has 3 aliphatic carbocycles. The second kappa shape index (κ2) is 26.0. The molecule has 0 aromatic heterocycles. The SMILES string of the molecule is CCCCCC(=O)N[C@@H](c1ccccc1)[C@@H](O[Si](C)(C)C(C)(C)C)C(=O)O[C@H]1C[C@@]2(O)[C@@H](OC(=O)CCCCC)[C@@H]3[C@]4(OC(C)=O)CO[C@@H]4C[C@H](O[Si](CC)(CC)CC)[C@@]3(C)C(=O)[C@H](O[Si](CC)(CC)CC)C(=C1C)C2(C)C. The molecule has 1 amide bonds. The summed E-state index contributed by atoms with van der Waals surface area (Å²) in [5.41, 5.74) is -5.06. The molecular formula is C61H103NO13Si3. The first kappa shape index (κ1) is 65.8. The van der Waals surface area contributed by atoms with Crippen molar-refractivity contribution in [2.24, 2.45) is 16.7 Å². The van der Waals surface area contributed by atoms with Crippen LogP contribution >= 0.6 is 0 Å². The molecule has 1 heterocycles. The fraction of sp³-hybridized carbons (Fsp3) is 0.787. The molecule has 17 heteroatoms. The molecule has 11 atom stereocenters. The van der Waals surface area contributed by atoms with Gasteiger partial charge in [-0.2, -0.15) is 0 Å². The molecule has 1 saturated heterocycles. The van der Waals surface area contributed by atoms with Crippen molar-refractivity contribution in [1.29, 1.82) is 0 Å². The van der Waals surface area contributed by atoms with Gasteiger partial charge >= 0.3 is 17.9 Å². The number of fused-ring (bicyclic) bond motifs is 5. The van der Waals surface area contributed by atoms with E-state index in [-0.39, 0.29) is 49.0 Å². The molecule has 3 fully saturated rings. The van der Waals surface area contributed by atoms with Crippen LogP contribution in [0.5, 0.6) is 0 Å². The number of unbranched alkanes of at least 4 members (excludes halogenated alkanes) is 4. The lowest BCUT2D eigenvalue weighted by Gasteiger charge is -2.68. The molecule has 2 N–H and O–H groups in total. The summed E-state index contributed by atoms with van der Waals surface area (Å²) in [5.74, 6) is -3.71. The van der Waals surface area contributed by atoms with E-state index in [4.69, 9.17) is 32.2 Å². The Kier molecular flexibility index (Phi) is 22.0. The molecule has 1 aromatic carbocycles. The predicted octanol–water partition coefficient (Wildman–Crippen LogP) is 12.8. The lowest BCUT2D eigenvalue weighted by atomic mass is 9.44. The second-order valence-electron chi connectivity index (χ2n) is 25.7. The quantitative estimate of drug-likeness (QED) is 0.0279. The van der Waals surface area contributed by atoms with Gasteiger partial charge < -0.3 is 42.6 Å². The number of Topliss-reactive ketones (excluding diaryl/α,β-unsaturated/α-hetero) is 1. The minimum atomic E-state index is -2.85. The third kappa shape index (κ3) is 12.8.